The number of aromatic nitrogens is 5. The minimum absolute atomic E-state index is 0.0856. The van der Waals surface area contributed by atoms with Gasteiger partial charge in [0.15, 0.2) is 11.5 Å². The van der Waals surface area contributed by atoms with Crippen LogP contribution in [-0.2, 0) is 12.8 Å². The zero-order valence-corrected chi connectivity index (χ0v) is 15.8. The minimum atomic E-state index is 0.0856. The van der Waals surface area contributed by atoms with Gasteiger partial charge in [0.1, 0.15) is 0 Å². The lowest BCUT2D eigenvalue weighted by molar-refractivity contribution is 0.334. The molecule has 8 nitrogen and oxygen atoms in total. The van der Waals surface area contributed by atoms with E-state index in [-0.39, 0.29) is 11.7 Å². The molecule has 2 aliphatic rings. The highest BCUT2D eigenvalue weighted by molar-refractivity contribution is 5.60. The fourth-order valence-electron chi connectivity index (χ4n) is 4.39. The Balaban J connectivity index is 1.39. The van der Waals surface area contributed by atoms with E-state index < -0.39 is 0 Å². The van der Waals surface area contributed by atoms with Gasteiger partial charge >= 0.3 is 0 Å². The van der Waals surface area contributed by atoms with Crippen molar-refractivity contribution in [1.29, 1.82) is 0 Å². The van der Waals surface area contributed by atoms with Crippen molar-refractivity contribution >= 4 is 0 Å². The molecular formula is C20H23N5O3. The summed E-state index contributed by atoms with van der Waals surface area (Å²) < 4.78 is 12.9. The highest BCUT2D eigenvalue weighted by Gasteiger charge is 2.31. The Morgan fingerprint density at radius 3 is 2.89 bits per heavy atom. The van der Waals surface area contributed by atoms with Crippen molar-refractivity contribution in [2.24, 2.45) is 0 Å². The summed E-state index contributed by atoms with van der Waals surface area (Å²) in [6.45, 7) is 0. The Kier molecular flexibility index (Phi) is 4.26. The molecule has 2 heterocycles. The van der Waals surface area contributed by atoms with Crippen LogP contribution in [0.15, 0.2) is 22.7 Å². The summed E-state index contributed by atoms with van der Waals surface area (Å²) in [5.74, 6) is 1.79. The van der Waals surface area contributed by atoms with Crippen LogP contribution in [-0.4, -0.2) is 37.4 Å². The topological polar surface area (TPSA) is 99.1 Å². The van der Waals surface area contributed by atoms with E-state index in [2.05, 4.69) is 25.1 Å². The van der Waals surface area contributed by atoms with E-state index in [9.17, 15) is 5.11 Å². The van der Waals surface area contributed by atoms with Crippen LogP contribution < -0.4 is 4.74 Å². The monoisotopic (exact) mass is 381 g/mol. The molecule has 1 atom stereocenters. The molecule has 1 unspecified atom stereocenters. The van der Waals surface area contributed by atoms with Gasteiger partial charge in [-0.05, 0) is 43.9 Å². The SMILES string of the molecule is COc1cc(-c2noc(C3CCc4nnn(C5CCCC5)c4C3)n2)ccc1O. The molecule has 5 rings (SSSR count). The van der Waals surface area contributed by atoms with E-state index in [0.717, 1.165) is 30.5 Å². The van der Waals surface area contributed by atoms with E-state index in [4.69, 9.17) is 9.26 Å². The number of aromatic hydroxyl groups is 1. The predicted molar refractivity (Wildman–Crippen MR) is 100 cm³/mol. The standard InChI is InChI=1S/C20H23N5O3/c1-27-18-11-12(7-9-17(18)26)19-21-20(28-23-19)13-6-8-15-16(10-13)25(24-22-15)14-4-2-3-5-14/h7,9,11,13-14,26H,2-6,8,10H2,1H3. The first-order chi connectivity index (χ1) is 13.7. The van der Waals surface area contributed by atoms with Gasteiger partial charge in [0.05, 0.1) is 24.5 Å². The lowest BCUT2D eigenvalue weighted by Crippen LogP contribution is -2.18. The van der Waals surface area contributed by atoms with Gasteiger partial charge in [-0.2, -0.15) is 4.98 Å². The summed E-state index contributed by atoms with van der Waals surface area (Å²) in [7, 11) is 1.52. The largest absolute Gasteiger partial charge is 0.504 e. The van der Waals surface area contributed by atoms with Crippen molar-refractivity contribution in [2.75, 3.05) is 7.11 Å². The zero-order valence-electron chi connectivity index (χ0n) is 15.8. The van der Waals surface area contributed by atoms with E-state index in [1.165, 1.54) is 38.5 Å². The summed E-state index contributed by atoms with van der Waals surface area (Å²) in [6, 6.07) is 5.52. The normalized spacial score (nSPS) is 19.7. The van der Waals surface area contributed by atoms with Gasteiger partial charge in [0.2, 0.25) is 11.7 Å². The van der Waals surface area contributed by atoms with Crippen LogP contribution in [0.3, 0.4) is 0 Å². The number of nitrogens with zero attached hydrogens (tertiary/aromatic N) is 5. The second-order valence-corrected chi connectivity index (χ2v) is 7.65. The lowest BCUT2D eigenvalue weighted by Gasteiger charge is -2.21. The third kappa shape index (κ3) is 2.93. The maximum absolute atomic E-state index is 9.78. The number of phenolic OH excluding ortho intramolecular Hbond substituents is 1. The molecule has 0 aliphatic heterocycles. The predicted octanol–water partition coefficient (Wildman–Crippen LogP) is 3.43. The highest BCUT2D eigenvalue weighted by atomic mass is 16.5. The summed E-state index contributed by atoms with van der Waals surface area (Å²) in [5.41, 5.74) is 3.10. The first-order valence-corrected chi connectivity index (χ1v) is 9.87. The van der Waals surface area contributed by atoms with Crippen molar-refractivity contribution in [2.45, 2.75) is 56.9 Å². The van der Waals surface area contributed by atoms with E-state index in [1.807, 2.05) is 0 Å². The number of fused-ring (bicyclic) bond motifs is 1. The molecule has 2 aliphatic carbocycles. The molecule has 0 spiro atoms. The molecule has 1 N–H and O–H groups in total. The number of hydrogen-bond acceptors (Lipinski definition) is 7. The number of ether oxygens (including phenoxy) is 1. The number of hydrogen-bond donors (Lipinski definition) is 1. The van der Waals surface area contributed by atoms with E-state index >= 15 is 0 Å². The molecule has 2 aromatic heterocycles. The van der Waals surface area contributed by atoms with Crippen molar-refractivity contribution in [3.8, 4) is 22.9 Å². The molecule has 1 fully saturated rings. The number of benzene rings is 1. The molecule has 0 bridgehead atoms. The van der Waals surface area contributed by atoms with Gasteiger partial charge in [0.25, 0.3) is 0 Å². The molecule has 1 aromatic carbocycles. The van der Waals surface area contributed by atoms with Crippen LogP contribution in [0.5, 0.6) is 11.5 Å². The van der Waals surface area contributed by atoms with Crippen molar-refractivity contribution in [3.63, 3.8) is 0 Å². The van der Waals surface area contributed by atoms with Crippen LogP contribution in [0, 0.1) is 0 Å². The highest BCUT2D eigenvalue weighted by Crippen LogP contribution is 2.37. The number of aryl methyl sites for hydroxylation is 1. The molecule has 8 heteroatoms. The van der Waals surface area contributed by atoms with Crippen LogP contribution in [0.25, 0.3) is 11.4 Å². The fraction of sp³-hybridized carbons (Fsp3) is 0.500. The smallest absolute Gasteiger partial charge is 0.230 e. The van der Waals surface area contributed by atoms with Crippen LogP contribution in [0.4, 0.5) is 0 Å². The minimum Gasteiger partial charge on any atom is -0.504 e. The third-order valence-electron chi connectivity index (χ3n) is 5.94. The zero-order chi connectivity index (χ0) is 19.1. The molecule has 28 heavy (non-hydrogen) atoms. The van der Waals surface area contributed by atoms with Crippen LogP contribution in [0.2, 0.25) is 0 Å². The van der Waals surface area contributed by atoms with Gasteiger partial charge in [-0.3, -0.25) is 0 Å². The Morgan fingerprint density at radius 2 is 2.07 bits per heavy atom. The second kappa shape index (κ2) is 6.92. The maximum Gasteiger partial charge on any atom is 0.230 e. The Bertz CT molecular complexity index is 990. The van der Waals surface area contributed by atoms with Crippen LogP contribution >= 0.6 is 0 Å². The molecule has 0 saturated heterocycles. The third-order valence-corrected chi connectivity index (χ3v) is 5.94. The maximum atomic E-state index is 9.78. The molecule has 1 saturated carbocycles. The number of rotatable bonds is 4. The molecular weight excluding hydrogens is 358 g/mol. The summed E-state index contributed by atoms with van der Waals surface area (Å²) >= 11 is 0. The summed E-state index contributed by atoms with van der Waals surface area (Å²) in [5, 5.41) is 22.8. The average Bonchev–Trinajstić information content (AvgIpc) is 3.47. The molecule has 3 aromatic rings. The fourth-order valence-corrected chi connectivity index (χ4v) is 4.39. The summed E-state index contributed by atoms with van der Waals surface area (Å²) in [6.07, 6.45) is 7.56. The van der Waals surface area contributed by atoms with Gasteiger partial charge in [0, 0.05) is 17.9 Å². The van der Waals surface area contributed by atoms with E-state index in [0.29, 0.717) is 23.5 Å². The summed E-state index contributed by atoms with van der Waals surface area (Å²) in [4.78, 5) is 4.63. The quantitative estimate of drug-likeness (QED) is 0.739. The first-order valence-electron chi connectivity index (χ1n) is 9.87. The molecule has 146 valence electrons. The Labute approximate surface area is 162 Å². The van der Waals surface area contributed by atoms with Gasteiger partial charge in [-0.15, -0.1) is 5.10 Å². The van der Waals surface area contributed by atoms with E-state index in [1.54, 1.807) is 18.2 Å². The van der Waals surface area contributed by atoms with Gasteiger partial charge in [-0.25, -0.2) is 4.68 Å². The lowest BCUT2D eigenvalue weighted by atomic mass is 9.89. The first kappa shape index (κ1) is 17.2. The molecule has 0 radical (unpaired) electrons. The van der Waals surface area contributed by atoms with Gasteiger partial charge in [-0.1, -0.05) is 23.2 Å². The van der Waals surface area contributed by atoms with Gasteiger partial charge < -0.3 is 14.4 Å². The second-order valence-electron chi connectivity index (χ2n) is 7.65. The Morgan fingerprint density at radius 1 is 1.21 bits per heavy atom. The average molecular weight is 381 g/mol. The molecule has 0 amide bonds. The van der Waals surface area contributed by atoms with Crippen molar-refractivity contribution < 1.29 is 14.4 Å². The van der Waals surface area contributed by atoms with Crippen LogP contribution in [0.1, 0.15) is 61.3 Å². The number of methoxy groups -OCH3 is 1. The number of phenols is 1. The van der Waals surface area contributed by atoms with Crippen molar-refractivity contribution in [1.82, 2.24) is 25.1 Å². The Hall–Kier alpha value is -2.90. The van der Waals surface area contributed by atoms with Crippen molar-refractivity contribution in [3.05, 3.63) is 35.5 Å².